The molecule has 1 aromatic carbocycles. The molecule has 0 aliphatic rings. The molecule has 2 heterocycles. The number of fused-ring (bicyclic) bond motifs is 3. The molecule has 0 radical (unpaired) electrons. The quantitative estimate of drug-likeness (QED) is 0.713. The highest BCUT2D eigenvalue weighted by molar-refractivity contribution is 7.25. The molecular formula is C13H10N2OS. The van der Waals surface area contributed by atoms with Crippen LogP contribution < -0.4 is 5.32 Å². The number of nitrogens with one attached hydrogen (secondary N) is 1. The largest absolute Gasteiger partial charge is 0.354 e. The average molecular weight is 242 g/mol. The van der Waals surface area contributed by atoms with Crippen molar-refractivity contribution < 1.29 is 4.79 Å². The lowest BCUT2D eigenvalue weighted by molar-refractivity contribution is 0.0958. The van der Waals surface area contributed by atoms with Crippen LogP contribution in [0.5, 0.6) is 0 Å². The van der Waals surface area contributed by atoms with Crippen LogP contribution in [0.4, 0.5) is 0 Å². The third-order valence-corrected chi connectivity index (χ3v) is 3.85. The van der Waals surface area contributed by atoms with Crippen molar-refractivity contribution >= 4 is 37.4 Å². The number of amides is 1. The zero-order valence-corrected chi connectivity index (χ0v) is 10.0. The fourth-order valence-corrected chi connectivity index (χ4v) is 2.94. The van der Waals surface area contributed by atoms with Crippen molar-refractivity contribution in [2.75, 3.05) is 7.05 Å². The summed E-state index contributed by atoms with van der Waals surface area (Å²) in [4.78, 5) is 15.7. The summed E-state index contributed by atoms with van der Waals surface area (Å²) in [6.45, 7) is 0. The van der Waals surface area contributed by atoms with Gasteiger partial charge in [-0.1, -0.05) is 18.2 Å². The fourth-order valence-electron chi connectivity index (χ4n) is 1.88. The first-order chi connectivity index (χ1) is 8.29. The van der Waals surface area contributed by atoms with Gasteiger partial charge in [0.05, 0.1) is 4.70 Å². The third-order valence-electron chi connectivity index (χ3n) is 2.72. The Morgan fingerprint density at radius 2 is 2.06 bits per heavy atom. The Hall–Kier alpha value is -1.94. The van der Waals surface area contributed by atoms with E-state index in [0.29, 0.717) is 5.69 Å². The molecule has 2 aromatic heterocycles. The molecule has 3 aromatic rings. The maximum atomic E-state index is 11.5. The lowest BCUT2D eigenvalue weighted by Crippen LogP contribution is -2.18. The molecule has 0 aliphatic heterocycles. The molecule has 0 aliphatic carbocycles. The van der Waals surface area contributed by atoms with Gasteiger partial charge in [0.15, 0.2) is 0 Å². The van der Waals surface area contributed by atoms with Gasteiger partial charge in [-0.25, -0.2) is 4.98 Å². The van der Waals surface area contributed by atoms with E-state index >= 15 is 0 Å². The minimum absolute atomic E-state index is 0.151. The fraction of sp³-hybridized carbons (Fsp3) is 0.0769. The van der Waals surface area contributed by atoms with E-state index in [0.717, 1.165) is 10.1 Å². The number of hydrogen-bond acceptors (Lipinski definition) is 3. The highest BCUT2D eigenvalue weighted by Gasteiger charge is 2.09. The molecule has 1 amide bonds. The van der Waals surface area contributed by atoms with E-state index in [-0.39, 0.29) is 5.91 Å². The zero-order valence-electron chi connectivity index (χ0n) is 9.23. The molecule has 0 fully saturated rings. The van der Waals surface area contributed by atoms with E-state index in [2.05, 4.69) is 22.4 Å². The summed E-state index contributed by atoms with van der Waals surface area (Å²) in [7, 11) is 1.61. The van der Waals surface area contributed by atoms with Gasteiger partial charge in [0.1, 0.15) is 5.69 Å². The third kappa shape index (κ3) is 1.57. The Labute approximate surface area is 102 Å². The van der Waals surface area contributed by atoms with Crippen molar-refractivity contribution in [1.29, 1.82) is 0 Å². The first kappa shape index (κ1) is 10.2. The lowest BCUT2D eigenvalue weighted by Gasteiger charge is -1.98. The van der Waals surface area contributed by atoms with Crippen molar-refractivity contribution in [2.45, 2.75) is 0 Å². The average Bonchev–Trinajstić information content (AvgIpc) is 2.75. The number of hydrogen-bond donors (Lipinski definition) is 1. The Bertz CT molecular complexity index is 718. The van der Waals surface area contributed by atoms with E-state index in [1.807, 2.05) is 18.2 Å². The van der Waals surface area contributed by atoms with Gasteiger partial charge >= 0.3 is 0 Å². The summed E-state index contributed by atoms with van der Waals surface area (Å²) < 4.78 is 2.33. The minimum atomic E-state index is -0.151. The molecule has 17 heavy (non-hydrogen) atoms. The molecule has 4 heteroatoms. The first-order valence-corrected chi connectivity index (χ1v) is 6.10. The number of pyridine rings is 1. The van der Waals surface area contributed by atoms with Gasteiger partial charge in [0.2, 0.25) is 0 Å². The van der Waals surface area contributed by atoms with Gasteiger partial charge < -0.3 is 5.32 Å². The van der Waals surface area contributed by atoms with Crippen LogP contribution in [0.3, 0.4) is 0 Å². The van der Waals surface area contributed by atoms with Crippen LogP contribution in [0.25, 0.3) is 20.2 Å². The normalized spacial score (nSPS) is 10.9. The predicted molar refractivity (Wildman–Crippen MR) is 70.5 cm³/mol. The number of nitrogens with zero attached hydrogens (tertiary/aromatic N) is 1. The molecule has 0 saturated heterocycles. The number of carbonyl (C=O) groups excluding carboxylic acids is 1. The number of carbonyl (C=O) groups is 1. The first-order valence-electron chi connectivity index (χ1n) is 5.29. The molecule has 84 valence electrons. The molecule has 3 nitrogen and oxygen atoms in total. The van der Waals surface area contributed by atoms with Crippen LogP contribution in [-0.4, -0.2) is 17.9 Å². The zero-order chi connectivity index (χ0) is 11.8. The SMILES string of the molecule is CNC(=O)c1cc2c(cn1)sc1ccccc12. The predicted octanol–water partition coefficient (Wildman–Crippen LogP) is 2.81. The Kier molecular flexibility index (Phi) is 2.30. The van der Waals surface area contributed by atoms with Gasteiger partial charge in [-0.15, -0.1) is 11.3 Å². The van der Waals surface area contributed by atoms with Crippen LogP contribution >= 0.6 is 11.3 Å². The monoisotopic (exact) mass is 242 g/mol. The van der Waals surface area contributed by atoms with E-state index in [1.165, 1.54) is 10.1 Å². The molecule has 0 unspecified atom stereocenters. The maximum absolute atomic E-state index is 11.5. The highest BCUT2D eigenvalue weighted by Crippen LogP contribution is 2.33. The lowest BCUT2D eigenvalue weighted by atomic mass is 10.1. The second-order valence-corrected chi connectivity index (χ2v) is 4.83. The number of benzene rings is 1. The molecule has 0 bridgehead atoms. The van der Waals surface area contributed by atoms with E-state index in [9.17, 15) is 4.79 Å². The number of thiophene rings is 1. The molecular weight excluding hydrogens is 232 g/mol. The molecule has 0 spiro atoms. The van der Waals surface area contributed by atoms with Gasteiger partial charge in [-0.05, 0) is 12.1 Å². The summed E-state index contributed by atoms with van der Waals surface area (Å²) in [5.41, 5.74) is 0.462. The highest BCUT2D eigenvalue weighted by atomic mass is 32.1. The second kappa shape index (κ2) is 3.82. The van der Waals surface area contributed by atoms with Crippen LogP contribution in [0.2, 0.25) is 0 Å². The van der Waals surface area contributed by atoms with Gasteiger partial charge in [0, 0.05) is 28.7 Å². The van der Waals surface area contributed by atoms with Gasteiger partial charge in [0.25, 0.3) is 5.91 Å². The maximum Gasteiger partial charge on any atom is 0.269 e. The number of aromatic nitrogens is 1. The van der Waals surface area contributed by atoms with Crippen molar-refractivity contribution in [2.24, 2.45) is 0 Å². The summed E-state index contributed by atoms with van der Waals surface area (Å²) >= 11 is 1.70. The summed E-state index contributed by atoms with van der Waals surface area (Å²) in [5, 5.41) is 4.87. The molecule has 0 atom stereocenters. The summed E-state index contributed by atoms with van der Waals surface area (Å²) in [6, 6.07) is 10.0. The van der Waals surface area contributed by atoms with Crippen molar-refractivity contribution in [3.8, 4) is 0 Å². The minimum Gasteiger partial charge on any atom is -0.354 e. The van der Waals surface area contributed by atoms with Crippen molar-refractivity contribution in [3.63, 3.8) is 0 Å². The Morgan fingerprint density at radius 3 is 2.88 bits per heavy atom. The van der Waals surface area contributed by atoms with E-state index in [1.54, 1.807) is 24.6 Å². The van der Waals surface area contributed by atoms with Crippen LogP contribution in [-0.2, 0) is 0 Å². The second-order valence-electron chi connectivity index (χ2n) is 3.74. The Balaban J connectivity index is 2.33. The van der Waals surface area contributed by atoms with Crippen LogP contribution in [0.15, 0.2) is 36.5 Å². The standard InChI is InChI=1S/C13H10N2OS/c1-14-13(16)10-6-9-8-4-2-3-5-11(8)17-12(9)7-15-10/h2-7H,1H3,(H,14,16). The molecule has 1 N–H and O–H groups in total. The Morgan fingerprint density at radius 1 is 1.24 bits per heavy atom. The summed E-state index contributed by atoms with van der Waals surface area (Å²) in [5.74, 6) is -0.151. The summed E-state index contributed by atoms with van der Waals surface area (Å²) in [6.07, 6.45) is 1.77. The van der Waals surface area contributed by atoms with Gasteiger partial charge in [-0.2, -0.15) is 0 Å². The van der Waals surface area contributed by atoms with Crippen molar-refractivity contribution in [1.82, 2.24) is 10.3 Å². The topological polar surface area (TPSA) is 42.0 Å². The number of rotatable bonds is 1. The van der Waals surface area contributed by atoms with E-state index < -0.39 is 0 Å². The van der Waals surface area contributed by atoms with E-state index in [4.69, 9.17) is 0 Å². The van der Waals surface area contributed by atoms with Crippen LogP contribution in [0, 0.1) is 0 Å². The van der Waals surface area contributed by atoms with Crippen LogP contribution in [0.1, 0.15) is 10.5 Å². The molecule has 3 rings (SSSR count). The van der Waals surface area contributed by atoms with Crippen molar-refractivity contribution in [3.05, 3.63) is 42.2 Å². The molecule has 0 saturated carbocycles. The van der Waals surface area contributed by atoms with Gasteiger partial charge in [-0.3, -0.25) is 4.79 Å². The smallest absolute Gasteiger partial charge is 0.269 e.